The molecule has 1 saturated heterocycles. The molecular weight excluding hydrogens is 155 g/mol. The number of rotatable bonds is 1. The zero-order chi connectivity index (χ0) is 7.56. The van der Waals surface area contributed by atoms with E-state index in [1.807, 2.05) is 0 Å². The first-order valence-electron chi connectivity index (χ1n) is 3.16. The highest BCUT2D eigenvalue weighted by Gasteiger charge is 2.30. The molecule has 1 fully saturated rings. The third-order valence-electron chi connectivity index (χ3n) is 1.60. The molecule has 0 aromatic carbocycles. The van der Waals surface area contributed by atoms with Gasteiger partial charge in [-0.2, -0.15) is 11.8 Å². The second kappa shape index (κ2) is 3.23. The maximum atomic E-state index is 12.7. The Morgan fingerprint density at radius 2 is 2.40 bits per heavy atom. The number of hydrogen-bond acceptors (Lipinski definition) is 2. The number of halogens is 1. The van der Waals surface area contributed by atoms with E-state index >= 15 is 0 Å². The smallest absolute Gasteiger partial charge is 0.309 e. The molecule has 0 aliphatic carbocycles. The molecular formula is C6H9FO2S. The van der Waals surface area contributed by atoms with Gasteiger partial charge in [-0.15, -0.1) is 0 Å². The van der Waals surface area contributed by atoms with Crippen molar-refractivity contribution in [1.82, 2.24) is 0 Å². The van der Waals surface area contributed by atoms with Crippen molar-refractivity contribution in [2.45, 2.75) is 12.6 Å². The van der Waals surface area contributed by atoms with Crippen LogP contribution in [0.2, 0.25) is 0 Å². The van der Waals surface area contributed by atoms with Crippen molar-refractivity contribution in [1.29, 1.82) is 0 Å². The summed E-state index contributed by atoms with van der Waals surface area (Å²) in [5.74, 6) is -0.622. The van der Waals surface area contributed by atoms with Crippen molar-refractivity contribution in [3.05, 3.63) is 0 Å². The largest absolute Gasteiger partial charge is 0.481 e. The van der Waals surface area contributed by atoms with Gasteiger partial charge >= 0.3 is 5.97 Å². The van der Waals surface area contributed by atoms with Gasteiger partial charge in [-0.3, -0.25) is 4.79 Å². The van der Waals surface area contributed by atoms with E-state index in [0.29, 0.717) is 12.2 Å². The predicted octanol–water partition coefficient (Wildman–Crippen LogP) is 1.16. The number of alkyl halides is 1. The fraction of sp³-hybridized carbons (Fsp3) is 0.833. The van der Waals surface area contributed by atoms with Crippen LogP contribution in [0.1, 0.15) is 6.42 Å². The Morgan fingerprint density at radius 3 is 2.80 bits per heavy atom. The second-order valence-electron chi connectivity index (χ2n) is 2.32. The third-order valence-corrected chi connectivity index (χ3v) is 2.68. The first-order chi connectivity index (χ1) is 4.72. The Bertz CT molecular complexity index is 140. The van der Waals surface area contributed by atoms with E-state index in [4.69, 9.17) is 5.11 Å². The summed E-state index contributed by atoms with van der Waals surface area (Å²) in [7, 11) is 0. The molecule has 0 spiro atoms. The standard InChI is InChI=1S/C6H9FO2S/c7-5-3-10-2-1-4(5)6(8)9/h4-5H,1-3H2,(H,8,9)/t4-,5-/m1/s1. The van der Waals surface area contributed by atoms with Gasteiger partial charge in [0.2, 0.25) is 0 Å². The third kappa shape index (κ3) is 1.62. The fourth-order valence-corrected chi connectivity index (χ4v) is 2.03. The number of carbonyl (C=O) groups is 1. The molecule has 0 unspecified atom stereocenters. The molecule has 1 heterocycles. The van der Waals surface area contributed by atoms with Gasteiger partial charge < -0.3 is 5.11 Å². The average Bonchev–Trinajstić information content (AvgIpc) is 1.88. The van der Waals surface area contributed by atoms with Gasteiger partial charge in [0.25, 0.3) is 0 Å². The van der Waals surface area contributed by atoms with Crippen molar-refractivity contribution < 1.29 is 14.3 Å². The zero-order valence-electron chi connectivity index (χ0n) is 5.42. The zero-order valence-corrected chi connectivity index (χ0v) is 6.23. The maximum Gasteiger partial charge on any atom is 0.309 e. The van der Waals surface area contributed by atoms with E-state index in [-0.39, 0.29) is 0 Å². The summed E-state index contributed by atoms with van der Waals surface area (Å²) in [6, 6.07) is 0. The Kier molecular flexibility index (Phi) is 2.54. The Balaban J connectivity index is 2.47. The normalized spacial score (nSPS) is 33.7. The Labute approximate surface area is 62.8 Å². The highest BCUT2D eigenvalue weighted by atomic mass is 32.2. The summed E-state index contributed by atoms with van der Waals surface area (Å²) in [5.41, 5.74) is 0. The van der Waals surface area contributed by atoms with Crippen molar-refractivity contribution in [2.75, 3.05) is 11.5 Å². The fourth-order valence-electron chi connectivity index (χ4n) is 0.981. The van der Waals surface area contributed by atoms with E-state index < -0.39 is 18.1 Å². The number of aliphatic carboxylic acids is 1. The summed E-state index contributed by atoms with van der Waals surface area (Å²) >= 11 is 1.49. The predicted molar refractivity (Wildman–Crippen MR) is 38.0 cm³/mol. The summed E-state index contributed by atoms with van der Waals surface area (Å²) in [6.45, 7) is 0. The van der Waals surface area contributed by atoms with Crippen LogP contribution in [0.4, 0.5) is 4.39 Å². The number of carboxylic acid groups (broad SMARTS) is 1. The van der Waals surface area contributed by atoms with Crippen LogP contribution in [0.15, 0.2) is 0 Å². The molecule has 58 valence electrons. The van der Waals surface area contributed by atoms with Gasteiger partial charge in [0.15, 0.2) is 0 Å². The quantitative estimate of drug-likeness (QED) is 0.632. The van der Waals surface area contributed by atoms with Gasteiger partial charge in [0.1, 0.15) is 6.17 Å². The van der Waals surface area contributed by atoms with Crippen molar-refractivity contribution in [3.8, 4) is 0 Å². The van der Waals surface area contributed by atoms with Crippen molar-refractivity contribution in [2.24, 2.45) is 5.92 Å². The van der Waals surface area contributed by atoms with E-state index in [1.165, 1.54) is 11.8 Å². The van der Waals surface area contributed by atoms with Gasteiger partial charge in [-0.05, 0) is 12.2 Å². The lowest BCUT2D eigenvalue weighted by molar-refractivity contribution is -0.143. The molecule has 0 bridgehead atoms. The lowest BCUT2D eigenvalue weighted by Gasteiger charge is -2.21. The average molecular weight is 164 g/mol. The Morgan fingerprint density at radius 1 is 1.70 bits per heavy atom. The molecule has 10 heavy (non-hydrogen) atoms. The van der Waals surface area contributed by atoms with Crippen molar-refractivity contribution >= 4 is 17.7 Å². The maximum absolute atomic E-state index is 12.7. The number of carboxylic acids is 1. The highest BCUT2D eigenvalue weighted by Crippen LogP contribution is 2.25. The summed E-state index contributed by atoms with van der Waals surface area (Å²) in [6.07, 6.45) is -0.669. The monoisotopic (exact) mass is 164 g/mol. The molecule has 2 nitrogen and oxygen atoms in total. The van der Waals surface area contributed by atoms with Gasteiger partial charge in [0.05, 0.1) is 5.92 Å². The minimum Gasteiger partial charge on any atom is -0.481 e. The molecule has 1 aliphatic rings. The highest BCUT2D eigenvalue weighted by molar-refractivity contribution is 7.99. The molecule has 0 aromatic heterocycles. The van der Waals surface area contributed by atoms with Crippen LogP contribution in [0, 0.1) is 5.92 Å². The molecule has 1 aliphatic heterocycles. The van der Waals surface area contributed by atoms with Crippen LogP contribution < -0.4 is 0 Å². The lowest BCUT2D eigenvalue weighted by atomic mass is 10.0. The molecule has 4 heteroatoms. The molecule has 2 atom stereocenters. The second-order valence-corrected chi connectivity index (χ2v) is 3.47. The number of hydrogen-bond donors (Lipinski definition) is 1. The van der Waals surface area contributed by atoms with E-state index in [9.17, 15) is 9.18 Å². The first kappa shape index (κ1) is 7.85. The summed E-state index contributed by atoms with van der Waals surface area (Å²) in [4.78, 5) is 10.3. The molecule has 1 rings (SSSR count). The van der Waals surface area contributed by atoms with E-state index in [0.717, 1.165) is 5.75 Å². The minimum atomic E-state index is -1.14. The topological polar surface area (TPSA) is 37.3 Å². The van der Waals surface area contributed by atoms with E-state index in [1.54, 1.807) is 0 Å². The van der Waals surface area contributed by atoms with Crippen molar-refractivity contribution in [3.63, 3.8) is 0 Å². The minimum absolute atomic E-state index is 0.344. The van der Waals surface area contributed by atoms with Crippen LogP contribution in [0.5, 0.6) is 0 Å². The van der Waals surface area contributed by atoms with E-state index in [2.05, 4.69) is 0 Å². The summed E-state index contributed by atoms with van der Waals surface area (Å²) in [5, 5.41) is 8.46. The van der Waals surface area contributed by atoms with Crippen LogP contribution in [0.25, 0.3) is 0 Å². The van der Waals surface area contributed by atoms with Gasteiger partial charge in [0, 0.05) is 5.75 Å². The molecule has 0 amide bonds. The van der Waals surface area contributed by atoms with Gasteiger partial charge in [-0.25, -0.2) is 4.39 Å². The summed E-state index contributed by atoms with van der Waals surface area (Å²) < 4.78 is 12.7. The lowest BCUT2D eigenvalue weighted by Crippen LogP contribution is -2.30. The van der Waals surface area contributed by atoms with Crippen LogP contribution in [-0.2, 0) is 4.79 Å². The molecule has 0 saturated carbocycles. The van der Waals surface area contributed by atoms with Gasteiger partial charge in [-0.1, -0.05) is 0 Å². The first-order valence-corrected chi connectivity index (χ1v) is 4.32. The number of thioether (sulfide) groups is 1. The molecule has 0 aromatic rings. The molecule has 1 N–H and O–H groups in total. The molecule has 0 radical (unpaired) electrons. The Hall–Kier alpha value is -0.250. The van der Waals surface area contributed by atoms with Crippen LogP contribution >= 0.6 is 11.8 Å². The van der Waals surface area contributed by atoms with Crippen LogP contribution in [0.3, 0.4) is 0 Å². The van der Waals surface area contributed by atoms with Crippen LogP contribution in [-0.4, -0.2) is 28.8 Å². The SMILES string of the molecule is O=C(O)[C@@H]1CCSC[C@H]1F.